The summed E-state index contributed by atoms with van der Waals surface area (Å²) in [4.78, 5) is 15.5. The number of aliphatic hydroxyl groups is 1. The predicted octanol–water partition coefficient (Wildman–Crippen LogP) is 2.56. The number of carbonyl (C=O) groups excluding carboxylic acids is 1. The number of amides is 1. The second-order valence-electron chi connectivity index (χ2n) is 6.55. The van der Waals surface area contributed by atoms with Gasteiger partial charge in [0.1, 0.15) is 23.7 Å². The summed E-state index contributed by atoms with van der Waals surface area (Å²) in [6, 6.07) is 13.6. The van der Waals surface area contributed by atoms with Gasteiger partial charge in [-0.3, -0.25) is 9.79 Å². The Morgan fingerprint density at radius 1 is 1.22 bits per heavy atom. The zero-order chi connectivity index (χ0) is 19.3. The molecule has 140 valence electrons. The largest absolute Gasteiger partial charge is 0.489 e. The molecule has 1 heterocycles. The molecule has 1 aliphatic heterocycles. The highest BCUT2D eigenvalue weighted by Crippen LogP contribution is 2.29. The molecule has 0 bridgehead atoms. The molecule has 0 fully saturated rings. The number of aliphatic hydroxyl groups excluding tert-OH is 1. The third-order valence-corrected chi connectivity index (χ3v) is 4.46. The smallest absolute Gasteiger partial charge is 0.220 e. The van der Waals surface area contributed by atoms with E-state index in [4.69, 9.17) is 10.5 Å². The summed E-state index contributed by atoms with van der Waals surface area (Å²) in [6.45, 7) is 0.269. The fraction of sp³-hybridized carbons (Fsp3) is 0.238. The Labute approximate surface area is 157 Å². The summed E-state index contributed by atoms with van der Waals surface area (Å²) < 4.78 is 18.9. The van der Waals surface area contributed by atoms with Gasteiger partial charge in [-0.1, -0.05) is 30.3 Å². The quantitative estimate of drug-likeness (QED) is 0.751. The van der Waals surface area contributed by atoms with Gasteiger partial charge in [0.05, 0.1) is 12.5 Å². The summed E-state index contributed by atoms with van der Waals surface area (Å²) in [5.41, 5.74) is 6.00. The van der Waals surface area contributed by atoms with Crippen LogP contribution in [-0.4, -0.2) is 28.9 Å². The molecule has 2 atom stereocenters. The molecule has 0 saturated heterocycles. The van der Waals surface area contributed by atoms with Crippen molar-refractivity contribution >= 4 is 12.1 Å². The van der Waals surface area contributed by atoms with Gasteiger partial charge in [-0.15, -0.1) is 0 Å². The summed E-state index contributed by atoms with van der Waals surface area (Å²) in [7, 11) is 0. The third-order valence-electron chi connectivity index (χ3n) is 4.46. The minimum absolute atomic E-state index is 0.156. The number of nitrogens with zero attached hydrogens (tertiary/aromatic N) is 1. The molecule has 1 amide bonds. The van der Waals surface area contributed by atoms with E-state index >= 15 is 0 Å². The van der Waals surface area contributed by atoms with Crippen LogP contribution < -0.4 is 10.5 Å². The maximum absolute atomic E-state index is 13.2. The van der Waals surface area contributed by atoms with Crippen LogP contribution >= 0.6 is 0 Å². The number of aliphatic imine (C=N–C) groups is 1. The summed E-state index contributed by atoms with van der Waals surface area (Å²) in [5.74, 6) is -0.213. The first-order chi connectivity index (χ1) is 13.0. The number of nitrogens with two attached hydrogens (primary N) is 1. The number of ether oxygens (including phenoxy) is 1. The van der Waals surface area contributed by atoms with E-state index in [1.54, 1.807) is 30.5 Å². The monoisotopic (exact) mass is 368 g/mol. The third kappa shape index (κ3) is 4.80. The van der Waals surface area contributed by atoms with Crippen molar-refractivity contribution < 1.29 is 19.0 Å². The van der Waals surface area contributed by atoms with Crippen LogP contribution in [0.25, 0.3) is 0 Å². The lowest BCUT2D eigenvalue weighted by Crippen LogP contribution is -2.42. The summed E-state index contributed by atoms with van der Waals surface area (Å²) >= 11 is 0. The van der Waals surface area contributed by atoms with E-state index in [0.29, 0.717) is 12.2 Å². The number of hydrogen-bond donors (Lipinski definition) is 2. The van der Waals surface area contributed by atoms with Crippen molar-refractivity contribution in [2.75, 3.05) is 0 Å². The van der Waals surface area contributed by atoms with Crippen molar-refractivity contribution in [1.82, 2.24) is 0 Å². The van der Waals surface area contributed by atoms with Gasteiger partial charge in [0, 0.05) is 12.6 Å². The maximum atomic E-state index is 13.2. The van der Waals surface area contributed by atoms with Crippen LogP contribution in [-0.2, 0) is 17.8 Å². The lowest BCUT2D eigenvalue weighted by molar-refractivity contribution is -0.120. The zero-order valence-corrected chi connectivity index (χ0v) is 14.7. The molecule has 5 nitrogen and oxygen atoms in total. The van der Waals surface area contributed by atoms with Gasteiger partial charge in [-0.25, -0.2) is 4.39 Å². The Morgan fingerprint density at radius 3 is 2.63 bits per heavy atom. The number of rotatable bonds is 8. The molecule has 0 aliphatic carbocycles. The number of primary amides is 1. The highest BCUT2D eigenvalue weighted by atomic mass is 19.1. The second kappa shape index (κ2) is 8.14. The molecule has 2 aromatic carbocycles. The fourth-order valence-corrected chi connectivity index (χ4v) is 3.05. The van der Waals surface area contributed by atoms with Crippen molar-refractivity contribution in [3.63, 3.8) is 0 Å². The molecule has 0 saturated carbocycles. The number of hydrogen-bond acceptors (Lipinski definition) is 4. The lowest BCUT2D eigenvalue weighted by atomic mass is 9.85. The fourth-order valence-electron chi connectivity index (χ4n) is 3.05. The van der Waals surface area contributed by atoms with Gasteiger partial charge >= 0.3 is 0 Å². The van der Waals surface area contributed by atoms with Crippen molar-refractivity contribution in [2.45, 2.75) is 31.1 Å². The van der Waals surface area contributed by atoms with Crippen molar-refractivity contribution in [1.29, 1.82) is 0 Å². The average molecular weight is 368 g/mol. The Morgan fingerprint density at radius 2 is 2.00 bits per heavy atom. The van der Waals surface area contributed by atoms with Crippen LogP contribution in [0, 0.1) is 5.82 Å². The second-order valence-corrected chi connectivity index (χ2v) is 6.55. The molecule has 0 aromatic heterocycles. The molecule has 3 rings (SSSR count). The van der Waals surface area contributed by atoms with Gasteiger partial charge in [-0.05, 0) is 41.5 Å². The van der Waals surface area contributed by atoms with Gasteiger partial charge < -0.3 is 15.6 Å². The van der Waals surface area contributed by atoms with Crippen LogP contribution in [0.2, 0.25) is 0 Å². The number of carbonyl (C=O) groups is 1. The standard InChI is InChI=1S/C21H21FN2O3/c22-17-4-1-3-16(11-17)14-27-18-7-5-15(6-8-18)13-21(9-2-10-24-21)19(25)12-20(23)26/h1-11,19,25H,12-14H2,(H2,23,26). The zero-order valence-electron chi connectivity index (χ0n) is 14.7. The molecule has 0 radical (unpaired) electrons. The first kappa shape index (κ1) is 18.8. The molecular weight excluding hydrogens is 347 g/mol. The maximum Gasteiger partial charge on any atom is 0.220 e. The molecule has 6 heteroatoms. The molecule has 3 N–H and O–H groups in total. The molecule has 2 unspecified atom stereocenters. The van der Waals surface area contributed by atoms with Crippen LogP contribution in [0.3, 0.4) is 0 Å². The topological polar surface area (TPSA) is 84.9 Å². The first-order valence-corrected chi connectivity index (χ1v) is 8.62. The number of halogens is 1. The Balaban J connectivity index is 1.65. The van der Waals surface area contributed by atoms with E-state index in [2.05, 4.69) is 4.99 Å². The van der Waals surface area contributed by atoms with Crippen molar-refractivity contribution in [3.8, 4) is 5.75 Å². The number of benzene rings is 2. The summed E-state index contributed by atoms with van der Waals surface area (Å²) in [5, 5.41) is 10.4. The Bertz CT molecular complexity index is 850. The average Bonchev–Trinajstić information content (AvgIpc) is 3.10. The molecule has 2 aromatic rings. The molecule has 0 spiro atoms. The Hall–Kier alpha value is -2.99. The van der Waals surface area contributed by atoms with Crippen molar-refractivity contribution in [3.05, 3.63) is 77.6 Å². The highest BCUT2D eigenvalue weighted by Gasteiger charge is 2.37. The molecule has 1 aliphatic rings. The first-order valence-electron chi connectivity index (χ1n) is 8.62. The van der Waals surface area contributed by atoms with Gasteiger partial charge in [0.25, 0.3) is 0 Å². The predicted molar refractivity (Wildman–Crippen MR) is 101 cm³/mol. The van der Waals surface area contributed by atoms with Crippen LogP contribution in [0.1, 0.15) is 17.5 Å². The van der Waals surface area contributed by atoms with E-state index in [1.807, 2.05) is 24.3 Å². The molecule has 27 heavy (non-hydrogen) atoms. The van der Waals surface area contributed by atoms with Gasteiger partial charge in [0.15, 0.2) is 0 Å². The summed E-state index contributed by atoms with van der Waals surface area (Å²) in [6.07, 6.45) is 4.43. The van der Waals surface area contributed by atoms with E-state index < -0.39 is 17.6 Å². The minimum Gasteiger partial charge on any atom is -0.489 e. The highest BCUT2D eigenvalue weighted by molar-refractivity contribution is 5.77. The van der Waals surface area contributed by atoms with E-state index in [9.17, 15) is 14.3 Å². The van der Waals surface area contributed by atoms with E-state index in [1.165, 1.54) is 12.1 Å². The normalized spacial score (nSPS) is 19.2. The Kier molecular flexibility index (Phi) is 5.66. The van der Waals surface area contributed by atoms with E-state index in [0.717, 1.165) is 11.1 Å². The number of allylic oxidation sites excluding steroid dienone is 1. The minimum atomic E-state index is -0.992. The SMILES string of the molecule is NC(=O)CC(O)C1(Cc2ccc(OCc3cccc(F)c3)cc2)C=CC=N1. The molecular formula is C21H21FN2O3. The van der Waals surface area contributed by atoms with E-state index in [-0.39, 0.29) is 18.8 Å². The lowest BCUT2D eigenvalue weighted by Gasteiger charge is -2.29. The van der Waals surface area contributed by atoms with Crippen molar-refractivity contribution in [2.24, 2.45) is 10.7 Å². The van der Waals surface area contributed by atoms with Gasteiger partial charge in [-0.2, -0.15) is 0 Å². The van der Waals surface area contributed by atoms with Crippen LogP contribution in [0.5, 0.6) is 5.75 Å². The van der Waals surface area contributed by atoms with Gasteiger partial charge in [0.2, 0.25) is 5.91 Å². The van der Waals surface area contributed by atoms with Crippen LogP contribution in [0.4, 0.5) is 4.39 Å². The van der Waals surface area contributed by atoms with Crippen LogP contribution in [0.15, 0.2) is 65.7 Å².